The van der Waals surface area contributed by atoms with E-state index in [0.29, 0.717) is 12.1 Å². The van der Waals surface area contributed by atoms with Crippen LogP contribution in [0, 0.1) is 13.8 Å². The monoisotopic (exact) mass is 597 g/mol. The number of nitrogens with one attached hydrogen (secondary N) is 1. The molecule has 2 bridgehead atoms. The van der Waals surface area contributed by atoms with Gasteiger partial charge in [-0.15, -0.1) is 0 Å². The van der Waals surface area contributed by atoms with E-state index in [1.807, 2.05) is 12.3 Å². The SMILES string of the molecule is Cc1cc(C)cc(-c2nc3ccc(C(C)(C)C(=O)N4C5CCC4CC5)cn3c2CCNCc2ccc(-c3cccnc3)cc2)c1. The Morgan fingerprint density at radius 3 is 2.27 bits per heavy atom. The van der Waals surface area contributed by atoms with Crippen molar-refractivity contribution >= 4 is 11.6 Å². The number of amides is 1. The summed E-state index contributed by atoms with van der Waals surface area (Å²) in [4.78, 5) is 25.6. The van der Waals surface area contributed by atoms with Crippen LogP contribution in [0.15, 0.2) is 85.3 Å². The van der Waals surface area contributed by atoms with Gasteiger partial charge in [0.25, 0.3) is 0 Å². The molecule has 0 aliphatic carbocycles. The Bertz CT molecular complexity index is 1800. The van der Waals surface area contributed by atoms with Crippen molar-refractivity contribution in [3.63, 3.8) is 0 Å². The smallest absolute Gasteiger partial charge is 0.233 e. The maximum Gasteiger partial charge on any atom is 0.233 e. The first-order valence-corrected chi connectivity index (χ1v) is 16.4. The lowest BCUT2D eigenvalue weighted by atomic mass is 9.84. The number of carbonyl (C=O) groups excluding carboxylic acids is 1. The molecule has 2 saturated heterocycles. The number of rotatable bonds is 9. The maximum atomic E-state index is 14.0. The average Bonchev–Trinajstić information content (AvgIpc) is 3.75. The zero-order chi connectivity index (χ0) is 31.1. The molecule has 2 aliphatic heterocycles. The van der Waals surface area contributed by atoms with E-state index < -0.39 is 5.41 Å². The van der Waals surface area contributed by atoms with Gasteiger partial charge in [0.15, 0.2) is 0 Å². The lowest BCUT2D eigenvalue weighted by molar-refractivity contribution is -0.137. The van der Waals surface area contributed by atoms with Crippen molar-refractivity contribution in [2.24, 2.45) is 0 Å². The van der Waals surface area contributed by atoms with Gasteiger partial charge in [-0.3, -0.25) is 9.78 Å². The van der Waals surface area contributed by atoms with Crippen LogP contribution in [0.2, 0.25) is 0 Å². The number of hydrogen-bond acceptors (Lipinski definition) is 4. The number of nitrogens with zero attached hydrogens (tertiary/aromatic N) is 4. The van der Waals surface area contributed by atoms with Crippen molar-refractivity contribution < 1.29 is 4.79 Å². The molecule has 6 heteroatoms. The predicted octanol–water partition coefficient (Wildman–Crippen LogP) is 7.44. The summed E-state index contributed by atoms with van der Waals surface area (Å²) in [5, 5.41) is 3.67. The van der Waals surface area contributed by atoms with Crippen LogP contribution in [0.4, 0.5) is 0 Å². The number of aryl methyl sites for hydroxylation is 2. The molecular formula is C39H43N5O. The highest BCUT2D eigenvalue weighted by Gasteiger charge is 2.47. The van der Waals surface area contributed by atoms with E-state index >= 15 is 0 Å². The van der Waals surface area contributed by atoms with Crippen LogP contribution in [-0.2, 0) is 23.2 Å². The number of benzene rings is 2. The van der Waals surface area contributed by atoms with Crippen molar-refractivity contribution in [1.29, 1.82) is 0 Å². The third-order valence-electron chi connectivity index (χ3n) is 9.97. The van der Waals surface area contributed by atoms with Crippen molar-refractivity contribution in [1.82, 2.24) is 24.6 Å². The normalized spacial score (nSPS) is 17.8. The van der Waals surface area contributed by atoms with Crippen LogP contribution >= 0.6 is 0 Å². The summed E-state index contributed by atoms with van der Waals surface area (Å²) in [6.07, 6.45) is 11.3. The van der Waals surface area contributed by atoms with Gasteiger partial charge in [0.1, 0.15) is 5.65 Å². The van der Waals surface area contributed by atoms with Gasteiger partial charge in [0.05, 0.1) is 16.8 Å². The summed E-state index contributed by atoms with van der Waals surface area (Å²) in [6, 6.07) is 24.5. The Labute approximate surface area is 266 Å². The van der Waals surface area contributed by atoms with Crippen LogP contribution in [0.5, 0.6) is 0 Å². The van der Waals surface area contributed by atoms with Crippen LogP contribution in [0.1, 0.15) is 67.5 Å². The van der Waals surface area contributed by atoms with E-state index in [4.69, 9.17) is 4.98 Å². The molecule has 0 unspecified atom stereocenters. The fourth-order valence-electron chi connectivity index (χ4n) is 7.52. The Hall–Kier alpha value is -4.29. The minimum Gasteiger partial charge on any atom is -0.336 e. The molecule has 5 heterocycles. The molecule has 5 aromatic rings. The van der Waals surface area contributed by atoms with Crippen LogP contribution in [0.25, 0.3) is 28.0 Å². The quantitative estimate of drug-likeness (QED) is 0.179. The fourth-order valence-corrected chi connectivity index (χ4v) is 7.52. The topological polar surface area (TPSA) is 62.5 Å². The molecular weight excluding hydrogens is 554 g/mol. The lowest BCUT2D eigenvalue weighted by Crippen LogP contribution is -2.46. The summed E-state index contributed by atoms with van der Waals surface area (Å²) in [7, 11) is 0. The number of hydrogen-bond donors (Lipinski definition) is 1. The van der Waals surface area contributed by atoms with E-state index in [-0.39, 0.29) is 5.91 Å². The third kappa shape index (κ3) is 5.68. The zero-order valence-corrected chi connectivity index (χ0v) is 26.9. The number of carbonyl (C=O) groups is 1. The van der Waals surface area contributed by atoms with Crippen molar-refractivity contribution in [2.45, 2.75) is 83.8 Å². The van der Waals surface area contributed by atoms with Gasteiger partial charge >= 0.3 is 0 Å². The first kappa shape index (κ1) is 29.4. The first-order chi connectivity index (χ1) is 21.8. The molecule has 0 saturated carbocycles. The molecule has 2 aliphatic rings. The van der Waals surface area contributed by atoms with Gasteiger partial charge in [-0.25, -0.2) is 4.98 Å². The van der Waals surface area contributed by atoms with Crippen molar-refractivity contribution in [3.8, 4) is 22.4 Å². The van der Waals surface area contributed by atoms with Gasteiger partial charge in [0, 0.05) is 55.7 Å². The van der Waals surface area contributed by atoms with Crippen molar-refractivity contribution in [3.05, 3.63) is 113 Å². The number of imidazole rings is 1. The molecule has 45 heavy (non-hydrogen) atoms. The van der Waals surface area contributed by atoms with Crippen LogP contribution in [-0.4, -0.2) is 43.8 Å². The third-order valence-corrected chi connectivity index (χ3v) is 9.97. The Morgan fingerprint density at radius 2 is 1.60 bits per heavy atom. The molecule has 6 nitrogen and oxygen atoms in total. The van der Waals surface area contributed by atoms with Gasteiger partial charge in [-0.05, 0) is 99.9 Å². The fraction of sp³-hybridized carbons (Fsp3) is 0.359. The molecule has 0 spiro atoms. The zero-order valence-electron chi connectivity index (χ0n) is 26.9. The van der Waals surface area contributed by atoms with Gasteiger partial charge in [-0.2, -0.15) is 0 Å². The molecule has 1 N–H and O–H groups in total. The molecule has 230 valence electrons. The summed E-state index contributed by atoms with van der Waals surface area (Å²) in [5.41, 5.74) is 10.7. The van der Waals surface area contributed by atoms with Crippen LogP contribution in [0.3, 0.4) is 0 Å². The maximum absolute atomic E-state index is 14.0. The van der Waals surface area contributed by atoms with E-state index in [1.165, 1.54) is 27.9 Å². The van der Waals surface area contributed by atoms with Gasteiger partial charge < -0.3 is 14.6 Å². The van der Waals surface area contributed by atoms with Gasteiger partial charge in [-0.1, -0.05) is 53.6 Å². The molecule has 2 aromatic carbocycles. The highest BCUT2D eigenvalue weighted by Crippen LogP contribution is 2.41. The molecule has 3 aromatic heterocycles. The minimum absolute atomic E-state index is 0.263. The predicted molar refractivity (Wildman–Crippen MR) is 181 cm³/mol. The highest BCUT2D eigenvalue weighted by atomic mass is 16.2. The Kier molecular flexibility index (Phi) is 7.78. The largest absolute Gasteiger partial charge is 0.336 e. The van der Waals surface area contributed by atoms with E-state index in [0.717, 1.165) is 73.2 Å². The molecule has 7 rings (SSSR count). The van der Waals surface area contributed by atoms with E-state index in [2.05, 4.69) is 114 Å². The number of pyridine rings is 2. The Balaban J connectivity index is 1.15. The average molecular weight is 598 g/mol. The summed E-state index contributed by atoms with van der Waals surface area (Å²) in [6.45, 7) is 10.1. The second kappa shape index (κ2) is 11.9. The summed E-state index contributed by atoms with van der Waals surface area (Å²) < 4.78 is 2.24. The second-order valence-corrected chi connectivity index (χ2v) is 13.6. The second-order valence-electron chi connectivity index (χ2n) is 13.6. The molecule has 2 fully saturated rings. The summed E-state index contributed by atoms with van der Waals surface area (Å²) in [5.74, 6) is 0.263. The van der Waals surface area contributed by atoms with E-state index in [1.54, 1.807) is 6.20 Å². The number of fused-ring (bicyclic) bond motifs is 3. The molecule has 0 atom stereocenters. The Morgan fingerprint density at radius 1 is 0.889 bits per heavy atom. The standard InChI is InChI=1S/C39H43N5O/c1-26-20-27(2)22-31(21-26)37-35(17-19-41-23-28-7-9-29(10-8-28)30-6-5-18-40-24-30)43-25-32(11-16-36(43)42-37)39(3,4)38(45)44-33-12-13-34(44)15-14-33/h5-11,16,18,20-22,24-25,33-34,41H,12-15,17,19,23H2,1-4H3. The molecule has 1 amide bonds. The van der Waals surface area contributed by atoms with Gasteiger partial charge in [0.2, 0.25) is 5.91 Å². The van der Waals surface area contributed by atoms with Crippen molar-refractivity contribution in [2.75, 3.05) is 6.54 Å². The lowest BCUT2D eigenvalue weighted by Gasteiger charge is -2.32. The first-order valence-electron chi connectivity index (χ1n) is 16.4. The van der Waals surface area contributed by atoms with Crippen LogP contribution < -0.4 is 5.32 Å². The molecule has 0 radical (unpaired) electrons. The summed E-state index contributed by atoms with van der Waals surface area (Å²) >= 11 is 0. The minimum atomic E-state index is -0.610. The highest BCUT2D eigenvalue weighted by molar-refractivity contribution is 5.88. The van der Waals surface area contributed by atoms with E-state index in [9.17, 15) is 4.79 Å². The number of aromatic nitrogens is 3.